The molecule has 1 aromatic rings. The SMILES string of the molecule is O=C(Nc1ccc(OCCN2CCCCCC2)cc1)C(F)(F)F. The number of benzene rings is 1. The highest BCUT2D eigenvalue weighted by Gasteiger charge is 2.38. The fourth-order valence-corrected chi connectivity index (χ4v) is 2.49. The second-order valence-corrected chi connectivity index (χ2v) is 5.58. The molecule has 1 fully saturated rings. The molecule has 23 heavy (non-hydrogen) atoms. The molecule has 0 unspecified atom stereocenters. The molecule has 128 valence electrons. The molecule has 0 bridgehead atoms. The number of hydrogen-bond donors (Lipinski definition) is 1. The van der Waals surface area contributed by atoms with Gasteiger partial charge in [-0.15, -0.1) is 0 Å². The molecule has 0 atom stereocenters. The summed E-state index contributed by atoms with van der Waals surface area (Å²) in [4.78, 5) is 13.2. The van der Waals surface area contributed by atoms with Gasteiger partial charge in [0.15, 0.2) is 0 Å². The van der Waals surface area contributed by atoms with Crippen LogP contribution in [-0.2, 0) is 4.79 Å². The number of alkyl halides is 3. The van der Waals surface area contributed by atoms with E-state index in [2.05, 4.69) is 4.90 Å². The molecule has 1 aromatic carbocycles. The molecule has 1 N–H and O–H groups in total. The molecule has 0 spiro atoms. The Morgan fingerprint density at radius 2 is 1.70 bits per heavy atom. The number of amides is 1. The standard InChI is InChI=1S/C16H21F3N2O2/c17-16(18,19)15(22)20-13-5-7-14(8-6-13)23-12-11-21-9-3-1-2-4-10-21/h5-8H,1-4,9-12H2,(H,20,22). The van der Waals surface area contributed by atoms with Crippen LogP contribution < -0.4 is 10.1 Å². The summed E-state index contributed by atoms with van der Waals surface area (Å²) in [5, 5.41) is 1.80. The van der Waals surface area contributed by atoms with Crippen LogP contribution in [0.4, 0.5) is 18.9 Å². The van der Waals surface area contributed by atoms with E-state index in [1.54, 1.807) is 17.4 Å². The molecule has 0 aromatic heterocycles. The summed E-state index contributed by atoms with van der Waals surface area (Å²) >= 11 is 0. The number of likely N-dealkylation sites (tertiary alicyclic amines) is 1. The van der Waals surface area contributed by atoms with Crippen molar-refractivity contribution >= 4 is 11.6 Å². The van der Waals surface area contributed by atoms with Crippen LogP contribution in [0.25, 0.3) is 0 Å². The number of nitrogens with one attached hydrogen (secondary N) is 1. The third-order valence-corrected chi connectivity index (χ3v) is 3.74. The zero-order valence-corrected chi connectivity index (χ0v) is 12.9. The highest BCUT2D eigenvalue weighted by atomic mass is 19.4. The second-order valence-electron chi connectivity index (χ2n) is 5.58. The van der Waals surface area contributed by atoms with E-state index < -0.39 is 12.1 Å². The molecule has 0 saturated carbocycles. The van der Waals surface area contributed by atoms with Crippen LogP contribution in [0.2, 0.25) is 0 Å². The molecule has 7 heteroatoms. The number of hydrogen-bond acceptors (Lipinski definition) is 3. The fourth-order valence-electron chi connectivity index (χ4n) is 2.49. The largest absolute Gasteiger partial charge is 0.492 e. The molecule has 0 radical (unpaired) electrons. The highest BCUT2D eigenvalue weighted by molar-refractivity contribution is 5.94. The zero-order valence-electron chi connectivity index (χ0n) is 12.9. The van der Waals surface area contributed by atoms with Crippen molar-refractivity contribution in [3.63, 3.8) is 0 Å². The lowest BCUT2D eigenvalue weighted by Gasteiger charge is -2.19. The molecule has 0 aliphatic carbocycles. The number of carbonyl (C=O) groups is 1. The van der Waals surface area contributed by atoms with Gasteiger partial charge in [0.25, 0.3) is 0 Å². The van der Waals surface area contributed by atoms with Crippen molar-refractivity contribution in [2.75, 3.05) is 31.6 Å². The number of rotatable bonds is 5. The van der Waals surface area contributed by atoms with Crippen LogP contribution >= 0.6 is 0 Å². The lowest BCUT2D eigenvalue weighted by atomic mass is 10.2. The molecule has 1 aliphatic heterocycles. The topological polar surface area (TPSA) is 41.6 Å². The van der Waals surface area contributed by atoms with Gasteiger partial charge < -0.3 is 10.1 Å². The van der Waals surface area contributed by atoms with Gasteiger partial charge in [0.2, 0.25) is 0 Å². The molecule has 1 amide bonds. The summed E-state index contributed by atoms with van der Waals surface area (Å²) < 4.78 is 42.0. The Hall–Kier alpha value is -1.76. The number of halogens is 3. The quantitative estimate of drug-likeness (QED) is 0.899. The summed E-state index contributed by atoms with van der Waals surface area (Å²) in [5.41, 5.74) is 0.0900. The van der Waals surface area contributed by atoms with E-state index in [4.69, 9.17) is 4.74 Å². The maximum atomic E-state index is 12.1. The maximum absolute atomic E-state index is 12.1. The Kier molecular flexibility index (Phi) is 6.27. The van der Waals surface area contributed by atoms with Crippen molar-refractivity contribution in [3.05, 3.63) is 24.3 Å². The Morgan fingerprint density at radius 3 is 2.26 bits per heavy atom. The summed E-state index contributed by atoms with van der Waals surface area (Å²) in [7, 11) is 0. The first-order valence-corrected chi connectivity index (χ1v) is 7.78. The molecule has 1 heterocycles. The van der Waals surface area contributed by atoms with Crippen molar-refractivity contribution in [2.45, 2.75) is 31.9 Å². The molecule has 1 aliphatic rings. The summed E-state index contributed by atoms with van der Waals surface area (Å²) in [6.45, 7) is 3.55. The number of anilines is 1. The monoisotopic (exact) mass is 330 g/mol. The van der Waals surface area contributed by atoms with Crippen LogP contribution in [0.15, 0.2) is 24.3 Å². The van der Waals surface area contributed by atoms with Crippen LogP contribution in [0.3, 0.4) is 0 Å². The Morgan fingerprint density at radius 1 is 1.09 bits per heavy atom. The Balaban J connectivity index is 1.75. The van der Waals surface area contributed by atoms with E-state index in [-0.39, 0.29) is 5.69 Å². The minimum Gasteiger partial charge on any atom is -0.492 e. The van der Waals surface area contributed by atoms with Crippen molar-refractivity contribution in [1.29, 1.82) is 0 Å². The average molecular weight is 330 g/mol. The van der Waals surface area contributed by atoms with Crippen molar-refractivity contribution < 1.29 is 22.7 Å². The van der Waals surface area contributed by atoms with Gasteiger partial charge in [-0.05, 0) is 50.2 Å². The van der Waals surface area contributed by atoms with E-state index in [0.29, 0.717) is 12.4 Å². The van der Waals surface area contributed by atoms with Crippen LogP contribution in [0.5, 0.6) is 5.75 Å². The predicted molar refractivity (Wildman–Crippen MR) is 81.5 cm³/mol. The summed E-state index contributed by atoms with van der Waals surface area (Å²) in [6, 6.07) is 5.89. The average Bonchev–Trinajstić information content (AvgIpc) is 2.77. The normalized spacial score (nSPS) is 16.7. The Labute approximate surface area is 133 Å². The number of nitrogens with zero attached hydrogens (tertiary/aromatic N) is 1. The first kappa shape index (κ1) is 17.6. The van der Waals surface area contributed by atoms with E-state index in [0.717, 1.165) is 19.6 Å². The van der Waals surface area contributed by atoms with Gasteiger partial charge in [-0.2, -0.15) is 13.2 Å². The first-order valence-electron chi connectivity index (χ1n) is 7.78. The minimum absolute atomic E-state index is 0.0900. The number of carbonyl (C=O) groups excluding carboxylic acids is 1. The lowest BCUT2D eigenvalue weighted by molar-refractivity contribution is -0.167. The number of ether oxygens (including phenoxy) is 1. The van der Waals surface area contributed by atoms with Gasteiger partial charge >= 0.3 is 12.1 Å². The van der Waals surface area contributed by atoms with Crippen molar-refractivity contribution in [1.82, 2.24) is 4.90 Å². The van der Waals surface area contributed by atoms with E-state index >= 15 is 0 Å². The van der Waals surface area contributed by atoms with E-state index in [1.807, 2.05) is 0 Å². The smallest absolute Gasteiger partial charge is 0.471 e. The van der Waals surface area contributed by atoms with Gasteiger partial charge in [-0.25, -0.2) is 0 Å². The van der Waals surface area contributed by atoms with Gasteiger partial charge in [-0.3, -0.25) is 9.69 Å². The summed E-state index contributed by atoms with van der Waals surface area (Å²) in [6.07, 6.45) is 0.106. The zero-order chi connectivity index (χ0) is 16.7. The molecular weight excluding hydrogens is 309 g/mol. The molecule has 1 saturated heterocycles. The second kappa shape index (κ2) is 8.19. The van der Waals surface area contributed by atoms with Gasteiger partial charge in [-0.1, -0.05) is 12.8 Å². The Bertz CT molecular complexity index is 495. The third kappa shape index (κ3) is 6.09. The van der Waals surface area contributed by atoms with Crippen LogP contribution in [0.1, 0.15) is 25.7 Å². The van der Waals surface area contributed by atoms with Crippen LogP contribution in [0, 0.1) is 0 Å². The van der Waals surface area contributed by atoms with Gasteiger partial charge in [0, 0.05) is 12.2 Å². The lowest BCUT2D eigenvalue weighted by Crippen LogP contribution is -2.30. The predicted octanol–water partition coefficient (Wildman–Crippen LogP) is 3.44. The van der Waals surface area contributed by atoms with Crippen molar-refractivity contribution in [3.8, 4) is 5.75 Å². The van der Waals surface area contributed by atoms with Gasteiger partial charge in [0.1, 0.15) is 12.4 Å². The maximum Gasteiger partial charge on any atom is 0.471 e. The minimum atomic E-state index is -4.89. The van der Waals surface area contributed by atoms with E-state index in [9.17, 15) is 18.0 Å². The van der Waals surface area contributed by atoms with Crippen molar-refractivity contribution in [2.24, 2.45) is 0 Å². The van der Waals surface area contributed by atoms with Gasteiger partial charge in [0.05, 0.1) is 0 Å². The van der Waals surface area contributed by atoms with E-state index in [1.165, 1.54) is 37.8 Å². The van der Waals surface area contributed by atoms with Crippen LogP contribution in [-0.4, -0.2) is 43.2 Å². The molecule has 4 nitrogen and oxygen atoms in total. The first-order chi connectivity index (χ1) is 10.9. The fraction of sp³-hybridized carbons (Fsp3) is 0.562. The molecule has 2 rings (SSSR count). The third-order valence-electron chi connectivity index (χ3n) is 3.74. The highest BCUT2D eigenvalue weighted by Crippen LogP contribution is 2.20. The molecular formula is C16H21F3N2O2. The summed E-state index contributed by atoms with van der Waals surface area (Å²) in [5.74, 6) is -1.41.